The molecule has 0 bridgehead atoms. The number of hydrogen-bond donors (Lipinski definition) is 0. The van der Waals surface area contributed by atoms with Crippen LogP contribution in [0, 0.1) is 0 Å². The maximum Gasteiger partial charge on any atom is 0.360 e. The summed E-state index contributed by atoms with van der Waals surface area (Å²) in [6, 6.07) is 8.28. The average Bonchev–Trinajstić information content (AvgIpc) is 2.91. The van der Waals surface area contributed by atoms with Gasteiger partial charge in [0, 0.05) is 18.1 Å². The van der Waals surface area contributed by atoms with Crippen molar-refractivity contribution in [1.29, 1.82) is 0 Å². The predicted octanol–water partition coefficient (Wildman–Crippen LogP) is 3.25. The highest BCUT2D eigenvalue weighted by Crippen LogP contribution is 2.20. The van der Waals surface area contributed by atoms with E-state index >= 15 is 0 Å². The molecule has 1 aromatic heterocycles. The third-order valence-corrected chi connectivity index (χ3v) is 3.44. The van der Waals surface area contributed by atoms with Crippen molar-refractivity contribution in [2.75, 3.05) is 18.6 Å². The summed E-state index contributed by atoms with van der Waals surface area (Å²) in [6.45, 7) is 2.68. The molecule has 0 saturated carbocycles. The minimum atomic E-state index is -0.475. The molecule has 0 N–H and O–H groups in total. The molecule has 0 saturated heterocycles. The highest BCUT2D eigenvalue weighted by molar-refractivity contribution is 9.10. The van der Waals surface area contributed by atoms with Crippen LogP contribution >= 0.6 is 15.9 Å². The third kappa shape index (κ3) is 3.39. The lowest BCUT2D eigenvalue weighted by Gasteiger charge is -2.15. The van der Waals surface area contributed by atoms with Crippen molar-refractivity contribution < 1.29 is 13.9 Å². The van der Waals surface area contributed by atoms with Crippen LogP contribution in [-0.2, 0) is 11.3 Å². The zero-order valence-corrected chi connectivity index (χ0v) is 12.9. The van der Waals surface area contributed by atoms with Gasteiger partial charge >= 0.3 is 5.97 Å². The fraction of sp³-hybridized carbons (Fsp3) is 0.286. The van der Waals surface area contributed by atoms with Gasteiger partial charge in [0.05, 0.1) is 6.61 Å². The summed E-state index contributed by atoms with van der Waals surface area (Å²) in [5, 5.41) is 0. The van der Waals surface area contributed by atoms with Gasteiger partial charge in [-0.3, -0.25) is 0 Å². The lowest BCUT2D eigenvalue weighted by atomic mass is 10.2. The van der Waals surface area contributed by atoms with Crippen LogP contribution in [0.4, 0.5) is 6.01 Å². The van der Waals surface area contributed by atoms with E-state index in [-0.39, 0.29) is 5.69 Å². The Balaban J connectivity index is 2.08. The number of carbonyl (C=O) groups excluding carboxylic acids is 1. The van der Waals surface area contributed by atoms with E-state index in [1.54, 1.807) is 6.92 Å². The molecule has 0 amide bonds. The summed E-state index contributed by atoms with van der Waals surface area (Å²) in [6.07, 6.45) is 1.31. The van der Waals surface area contributed by atoms with Gasteiger partial charge in [-0.1, -0.05) is 34.1 Å². The summed E-state index contributed by atoms with van der Waals surface area (Å²) in [7, 11) is 1.85. The van der Waals surface area contributed by atoms with Crippen molar-refractivity contribution in [3.8, 4) is 0 Å². The zero-order valence-electron chi connectivity index (χ0n) is 11.3. The van der Waals surface area contributed by atoms with Crippen LogP contribution in [0.3, 0.4) is 0 Å². The maximum atomic E-state index is 11.5. The average molecular weight is 339 g/mol. The first-order valence-corrected chi connectivity index (χ1v) is 6.98. The number of anilines is 1. The molecule has 106 valence electrons. The van der Waals surface area contributed by atoms with Gasteiger partial charge < -0.3 is 14.1 Å². The lowest BCUT2D eigenvalue weighted by Crippen LogP contribution is -2.17. The molecule has 0 spiro atoms. The van der Waals surface area contributed by atoms with Crippen LogP contribution in [-0.4, -0.2) is 24.6 Å². The molecule has 5 nitrogen and oxygen atoms in total. The fourth-order valence-corrected chi connectivity index (χ4v) is 2.10. The topological polar surface area (TPSA) is 55.6 Å². The van der Waals surface area contributed by atoms with Crippen molar-refractivity contribution in [3.63, 3.8) is 0 Å². The van der Waals surface area contributed by atoms with E-state index in [4.69, 9.17) is 9.15 Å². The summed E-state index contributed by atoms with van der Waals surface area (Å²) in [5.41, 5.74) is 1.28. The van der Waals surface area contributed by atoms with E-state index in [1.165, 1.54) is 6.26 Å². The van der Waals surface area contributed by atoms with Crippen molar-refractivity contribution in [3.05, 3.63) is 46.3 Å². The van der Waals surface area contributed by atoms with Crippen LogP contribution in [0.2, 0.25) is 0 Å². The molecule has 2 aromatic rings. The quantitative estimate of drug-likeness (QED) is 0.783. The standard InChI is InChI=1S/C14H15BrN2O3/c1-3-19-13(18)12-9-20-14(16-12)17(2)8-10-6-4-5-7-11(10)15/h4-7,9H,3,8H2,1-2H3. The van der Waals surface area contributed by atoms with E-state index in [2.05, 4.69) is 20.9 Å². The lowest BCUT2D eigenvalue weighted by molar-refractivity contribution is 0.0519. The molecule has 1 aromatic carbocycles. The number of rotatable bonds is 5. The number of oxazole rings is 1. The van der Waals surface area contributed by atoms with Gasteiger partial charge in [-0.2, -0.15) is 4.98 Å². The summed E-state index contributed by atoms with van der Waals surface area (Å²) < 4.78 is 11.2. The molecule has 0 radical (unpaired) electrons. The van der Waals surface area contributed by atoms with Gasteiger partial charge in [0.15, 0.2) is 5.69 Å². The van der Waals surface area contributed by atoms with Gasteiger partial charge in [-0.15, -0.1) is 0 Å². The first-order chi connectivity index (χ1) is 9.61. The number of halogens is 1. The number of carbonyl (C=O) groups is 1. The Labute approximate surface area is 125 Å². The number of ether oxygens (including phenoxy) is 1. The Morgan fingerprint density at radius 2 is 2.20 bits per heavy atom. The zero-order chi connectivity index (χ0) is 14.5. The number of benzene rings is 1. The molecular formula is C14H15BrN2O3. The van der Waals surface area contributed by atoms with Crippen LogP contribution in [0.15, 0.2) is 39.4 Å². The minimum absolute atomic E-state index is 0.181. The van der Waals surface area contributed by atoms with Gasteiger partial charge in [-0.05, 0) is 18.6 Å². The predicted molar refractivity (Wildman–Crippen MR) is 78.7 cm³/mol. The van der Waals surface area contributed by atoms with E-state index in [0.717, 1.165) is 10.0 Å². The highest BCUT2D eigenvalue weighted by atomic mass is 79.9. The smallest absolute Gasteiger partial charge is 0.360 e. The van der Waals surface area contributed by atoms with Crippen LogP contribution < -0.4 is 4.90 Å². The number of hydrogen-bond acceptors (Lipinski definition) is 5. The van der Waals surface area contributed by atoms with Crippen LogP contribution in [0.25, 0.3) is 0 Å². The second-order valence-corrected chi connectivity index (χ2v) is 5.04. The molecule has 6 heteroatoms. The molecule has 1 heterocycles. The molecule has 0 unspecified atom stereocenters. The van der Waals surface area contributed by atoms with Crippen molar-refractivity contribution in [2.24, 2.45) is 0 Å². The first kappa shape index (κ1) is 14.6. The van der Waals surface area contributed by atoms with Crippen molar-refractivity contribution in [1.82, 2.24) is 4.98 Å². The number of aromatic nitrogens is 1. The second kappa shape index (κ2) is 6.56. The van der Waals surface area contributed by atoms with Crippen LogP contribution in [0.5, 0.6) is 0 Å². The molecule has 0 aliphatic heterocycles. The van der Waals surface area contributed by atoms with E-state index < -0.39 is 5.97 Å². The highest BCUT2D eigenvalue weighted by Gasteiger charge is 2.16. The fourth-order valence-electron chi connectivity index (χ4n) is 1.69. The summed E-state index contributed by atoms with van der Waals surface area (Å²) in [5.74, 6) is -0.475. The Morgan fingerprint density at radius 3 is 2.90 bits per heavy atom. The van der Waals surface area contributed by atoms with Gasteiger partial charge in [0.2, 0.25) is 0 Å². The number of esters is 1. The van der Waals surface area contributed by atoms with Crippen LogP contribution in [0.1, 0.15) is 23.0 Å². The second-order valence-electron chi connectivity index (χ2n) is 4.18. The molecule has 0 aliphatic rings. The van der Waals surface area contributed by atoms with E-state index in [0.29, 0.717) is 19.2 Å². The van der Waals surface area contributed by atoms with Gasteiger partial charge in [-0.25, -0.2) is 4.79 Å². The minimum Gasteiger partial charge on any atom is -0.461 e. The van der Waals surface area contributed by atoms with E-state index in [9.17, 15) is 4.79 Å². The third-order valence-electron chi connectivity index (χ3n) is 2.67. The molecular weight excluding hydrogens is 324 g/mol. The van der Waals surface area contributed by atoms with Gasteiger partial charge in [0.1, 0.15) is 6.26 Å². The van der Waals surface area contributed by atoms with Gasteiger partial charge in [0.25, 0.3) is 6.01 Å². The Bertz CT molecular complexity index is 598. The van der Waals surface area contributed by atoms with Crippen molar-refractivity contribution in [2.45, 2.75) is 13.5 Å². The summed E-state index contributed by atoms with van der Waals surface area (Å²) in [4.78, 5) is 17.5. The molecule has 0 fully saturated rings. The Kier molecular flexibility index (Phi) is 4.79. The van der Waals surface area contributed by atoms with Crippen molar-refractivity contribution >= 4 is 27.9 Å². The molecule has 2 rings (SSSR count). The van der Waals surface area contributed by atoms with E-state index in [1.807, 2.05) is 36.2 Å². The molecule has 0 aliphatic carbocycles. The SMILES string of the molecule is CCOC(=O)c1coc(N(C)Cc2ccccc2Br)n1. The number of nitrogens with zero attached hydrogens (tertiary/aromatic N) is 2. The molecule has 20 heavy (non-hydrogen) atoms. The summed E-state index contributed by atoms with van der Waals surface area (Å²) >= 11 is 3.49. The monoisotopic (exact) mass is 338 g/mol. The molecule has 0 atom stereocenters. The normalized spacial score (nSPS) is 10.3. The Morgan fingerprint density at radius 1 is 1.45 bits per heavy atom. The first-order valence-electron chi connectivity index (χ1n) is 6.19. The Hall–Kier alpha value is -1.82. The largest absolute Gasteiger partial charge is 0.461 e. The maximum absolute atomic E-state index is 11.5.